The van der Waals surface area contributed by atoms with Crippen molar-refractivity contribution in [2.24, 2.45) is 0 Å². The second-order valence-electron chi connectivity index (χ2n) is 13.8. The number of carbonyl (C=O) groups is 2. The molecule has 1 saturated heterocycles. The number of benzene rings is 2. The summed E-state index contributed by atoms with van der Waals surface area (Å²) >= 11 is 0. The number of halogens is 2. The van der Waals surface area contributed by atoms with Crippen LogP contribution in [0.3, 0.4) is 0 Å². The number of esters is 1. The molecule has 0 bridgehead atoms. The maximum absolute atomic E-state index is 15.1. The Labute approximate surface area is 272 Å². The SMILES string of the molecule is COC(=O)c1cc(Nc2nc(-c3ccc4c(c3)N([C@H]3C[C@@H](N5CCCCC5)C3)C(=O)C4(C)C)cc3ncn(C(C)C)c23)c(F)cc1F. The van der Waals surface area contributed by atoms with Gasteiger partial charge in [-0.2, -0.15) is 0 Å². The summed E-state index contributed by atoms with van der Waals surface area (Å²) in [7, 11) is 1.14. The van der Waals surface area contributed by atoms with Gasteiger partial charge < -0.3 is 24.4 Å². The van der Waals surface area contributed by atoms with Crippen molar-refractivity contribution in [2.75, 3.05) is 30.4 Å². The van der Waals surface area contributed by atoms with Crippen LogP contribution in [0.5, 0.6) is 0 Å². The Balaban J connectivity index is 1.28. The molecule has 1 amide bonds. The molecule has 4 heterocycles. The predicted octanol–water partition coefficient (Wildman–Crippen LogP) is 7.13. The van der Waals surface area contributed by atoms with Crippen LogP contribution in [0, 0.1) is 11.6 Å². The first-order valence-corrected chi connectivity index (χ1v) is 16.4. The van der Waals surface area contributed by atoms with Crippen LogP contribution in [0.1, 0.15) is 81.8 Å². The molecule has 1 N–H and O–H groups in total. The molecule has 11 heteroatoms. The first-order valence-electron chi connectivity index (χ1n) is 16.4. The van der Waals surface area contributed by atoms with E-state index in [9.17, 15) is 14.0 Å². The van der Waals surface area contributed by atoms with E-state index in [-0.39, 0.29) is 23.7 Å². The lowest BCUT2D eigenvalue weighted by Gasteiger charge is -2.48. The number of imidazole rings is 1. The number of fused-ring (bicyclic) bond motifs is 2. The Kier molecular flexibility index (Phi) is 7.77. The zero-order valence-electron chi connectivity index (χ0n) is 27.4. The Morgan fingerprint density at radius 2 is 1.77 bits per heavy atom. The van der Waals surface area contributed by atoms with Gasteiger partial charge in [0.25, 0.3) is 0 Å². The fourth-order valence-corrected chi connectivity index (χ4v) is 7.38. The molecule has 4 aromatic rings. The molecule has 0 radical (unpaired) electrons. The van der Waals surface area contributed by atoms with Crippen molar-refractivity contribution in [3.8, 4) is 11.3 Å². The van der Waals surface area contributed by atoms with Crippen LogP contribution in [-0.4, -0.2) is 63.6 Å². The summed E-state index contributed by atoms with van der Waals surface area (Å²) in [5.41, 5.74) is 3.32. The van der Waals surface area contributed by atoms with Crippen LogP contribution >= 0.6 is 0 Å². The summed E-state index contributed by atoms with van der Waals surface area (Å²) in [5.74, 6) is -2.42. The molecule has 246 valence electrons. The van der Waals surface area contributed by atoms with Gasteiger partial charge in [0.1, 0.15) is 17.2 Å². The van der Waals surface area contributed by atoms with E-state index >= 15 is 4.39 Å². The number of hydrogen-bond acceptors (Lipinski definition) is 7. The minimum Gasteiger partial charge on any atom is -0.465 e. The molecule has 2 aliphatic heterocycles. The molecule has 7 rings (SSSR count). The summed E-state index contributed by atoms with van der Waals surface area (Å²) < 4.78 is 36.2. The standard InChI is InChI=1S/C36H40F2N6O3/c1-20(2)43-19-39-30-18-28(40-33(32(30)43)41-29-16-24(34(45)47-5)26(37)17-27(29)38)21-9-10-25-31(13-21)44(35(46)36(25,3)4)23-14-22(15-23)42-11-7-6-8-12-42/h9-10,13,16-20,22-23H,6-8,11-12,14-15H2,1-5H3,(H,40,41)/t22-,23+. The lowest BCUT2D eigenvalue weighted by atomic mass is 9.82. The molecule has 3 aliphatic rings. The summed E-state index contributed by atoms with van der Waals surface area (Å²) in [6.45, 7) is 10.2. The number of aromatic nitrogens is 3. The maximum Gasteiger partial charge on any atom is 0.340 e. The van der Waals surface area contributed by atoms with E-state index in [0.717, 1.165) is 55.9 Å². The smallest absolute Gasteiger partial charge is 0.340 e. The van der Waals surface area contributed by atoms with Crippen molar-refractivity contribution < 1.29 is 23.1 Å². The topological polar surface area (TPSA) is 92.6 Å². The monoisotopic (exact) mass is 642 g/mol. The molecule has 1 saturated carbocycles. The third kappa shape index (κ3) is 5.24. The number of amides is 1. The number of rotatable bonds is 7. The van der Waals surface area contributed by atoms with Crippen molar-refractivity contribution >= 4 is 40.1 Å². The maximum atomic E-state index is 15.1. The summed E-state index contributed by atoms with van der Waals surface area (Å²) in [5, 5.41) is 3.02. The van der Waals surface area contributed by atoms with Crippen LogP contribution < -0.4 is 10.2 Å². The summed E-state index contributed by atoms with van der Waals surface area (Å²) in [4.78, 5) is 40.2. The molecule has 0 atom stereocenters. The number of methoxy groups -OCH3 is 1. The fraction of sp³-hybridized carbons (Fsp3) is 0.444. The van der Waals surface area contributed by atoms with Crippen LogP contribution in [0.4, 0.5) is 26.0 Å². The highest BCUT2D eigenvalue weighted by Crippen LogP contribution is 2.48. The van der Waals surface area contributed by atoms with E-state index in [4.69, 9.17) is 9.72 Å². The van der Waals surface area contributed by atoms with Gasteiger partial charge in [0.2, 0.25) is 5.91 Å². The van der Waals surface area contributed by atoms with E-state index < -0.39 is 28.6 Å². The molecule has 2 aromatic heterocycles. The van der Waals surface area contributed by atoms with Gasteiger partial charge in [0.05, 0.1) is 41.3 Å². The van der Waals surface area contributed by atoms with E-state index in [1.807, 2.05) is 61.4 Å². The molecule has 2 aromatic carbocycles. The number of nitrogens with zero attached hydrogens (tertiary/aromatic N) is 5. The van der Waals surface area contributed by atoms with Gasteiger partial charge in [-0.3, -0.25) is 4.79 Å². The van der Waals surface area contributed by atoms with E-state index in [1.165, 1.54) is 19.3 Å². The highest BCUT2D eigenvalue weighted by Gasteiger charge is 2.50. The number of ether oxygens (including phenoxy) is 1. The molecule has 9 nitrogen and oxygen atoms in total. The van der Waals surface area contributed by atoms with Gasteiger partial charge in [-0.1, -0.05) is 18.6 Å². The van der Waals surface area contributed by atoms with Crippen molar-refractivity contribution in [3.05, 3.63) is 65.5 Å². The number of piperidine rings is 1. The van der Waals surface area contributed by atoms with Crippen molar-refractivity contribution in [3.63, 3.8) is 0 Å². The number of nitrogens with one attached hydrogen (secondary N) is 1. The van der Waals surface area contributed by atoms with Gasteiger partial charge in [-0.25, -0.2) is 23.5 Å². The summed E-state index contributed by atoms with van der Waals surface area (Å²) in [6.07, 6.45) is 7.41. The average Bonchev–Trinajstić information content (AvgIpc) is 3.55. The zero-order chi connectivity index (χ0) is 33.2. The third-order valence-electron chi connectivity index (χ3n) is 10.2. The summed E-state index contributed by atoms with van der Waals surface area (Å²) in [6, 6.07) is 10.3. The van der Waals surface area contributed by atoms with Crippen molar-refractivity contribution in [1.29, 1.82) is 0 Å². The second-order valence-corrected chi connectivity index (χ2v) is 13.8. The number of anilines is 3. The second kappa shape index (κ2) is 11.7. The Hall–Kier alpha value is -4.38. The van der Waals surface area contributed by atoms with Gasteiger partial charge in [0, 0.05) is 35.4 Å². The molecule has 47 heavy (non-hydrogen) atoms. The molecule has 1 aliphatic carbocycles. The average molecular weight is 643 g/mol. The van der Waals surface area contributed by atoms with Crippen LogP contribution in [-0.2, 0) is 14.9 Å². The third-order valence-corrected chi connectivity index (χ3v) is 10.2. The predicted molar refractivity (Wildman–Crippen MR) is 177 cm³/mol. The molecule has 0 unspecified atom stereocenters. The number of likely N-dealkylation sites (tertiary alicyclic amines) is 1. The van der Waals surface area contributed by atoms with Gasteiger partial charge >= 0.3 is 5.97 Å². The fourth-order valence-electron chi connectivity index (χ4n) is 7.38. The lowest BCUT2D eigenvalue weighted by Crippen LogP contribution is -2.57. The van der Waals surface area contributed by atoms with Crippen molar-refractivity contribution in [1.82, 2.24) is 19.4 Å². The van der Waals surface area contributed by atoms with Gasteiger partial charge in [0.15, 0.2) is 5.82 Å². The highest BCUT2D eigenvalue weighted by molar-refractivity contribution is 6.09. The quantitative estimate of drug-likeness (QED) is 0.215. The van der Waals surface area contributed by atoms with E-state index in [1.54, 1.807) is 6.33 Å². The van der Waals surface area contributed by atoms with E-state index in [0.29, 0.717) is 34.7 Å². The number of pyridine rings is 1. The van der Waals surface area contributed by atoms with E-state index in [2.05, 4.69) is 15.2 Å². The Morgan fingerprint density at radius 1 is 1.02 bits per heavy atom. The van der Waals surface area contributed by atoms with Crippen LogP contribution in [0.15, 0.2) is 42.7 Å². The zero-order valence-corrected chi connectivity index (χ0v) is 27.4. The number of carbonyl (C=O) groups excluding carboxylic acids is 2. The lowest BCUT2D eigenvalue weighted by molar-refractivity contribution is -0.123. The van der Waals surface area contributed by atoms with Gasteiger partial charge in [-0.15, -0.1) is 0 Å². The first kappa shape index (κ1) is 31.2. The van der Waals surface area contributed by atoms with Crippen LogP contribution in [0.2, 0.25) is 0 Å². The Morgan fingerprint density at radius 3 is 2.47 bits per heavy atom. The molecule has 2 fully saturated rings. The largest absolute Gasteiger partial charge is 0.465 e. The molecular weight excluding hydrogens is 602 g/mol. The van der Waals surface area contributed by atoms with Crippen LogP contribution in [0.25, 0.3) is 22.3 Å². The normalized spacial score (nSPS) is 20.9. The molecular formula is C36H40F2N6O3. The minimum atomic E-state index is -1.02. The van der Waals surface area contributed by atoms with Gasteiger partial charge in [-0.05, 0) is 90.2 Å². The first-order chi connectivity index (χ1) is 22.5. The Bertz CT molecular complexity index is 1890. The highest BCUT2D eigenvalue weighted by atomic mass is 19.1. The molecule has 0 spiro atoms. The minimum absolute atomic E-state index is 0.00920. The van der Waals surface area contributed by atoms with Crippen molar-refractivity contribution in [2.45, 2.75) is 83.3 Å². The number of hydrogen-bond donors (Lipinski definition) is 1.